The summed E-state index contributed by atoms with van der Waals surface area (Å²) >= 11 is 4.49. The normalized spacial score (nSPS) is 15.4. The van der Waals surface area contributed by atoms with Crippen molar-refractivity contribution in [3.63, 3.8) is 0 Å². The molecule has 0 atom stereocenters. The molecule has 202 valence electrons. The zero-order valence-corrected chi connectivity index (χ0v) is 25.7. The lowest BCUT2D eigenvalue weighted by Gasteiger charge is -2.25. The number of halogens is 2. The lowest BCUT2D eigenvalue weighted by Crippen LogP contribution is -2.33. The first-order valence-electron chi connectivity index (χ1n) is 12.3. The van der Waals surface area contributed by atoms with Gasteiger partial charge in [0, 0.05) is 34.4 Å². The second-order valence-electron chi connectivity index (χ2n) is 8.58. The molecule has 0 saturated carbocycles. The molecule has 2 aromatic rings. The summed E-state index contributed by atoms with van der Waals surface area (Å²) in [7, 11) is 3.24. The molecule has 0 radical (unpaired) electrons. The van der Waals surface area contributed by atoms with Crippen LogP contribution in [0.5, 0.6) is 0 Å². The van der Waals surface area contributed by atoms with Gasteiger partial charge in [-0.25, -0.2) is 0 Å². The maximum absolute atomic E-state index is 14.0. The molecule has 0 aliphatic carbocycles. The van der Waals surface area contributed by atoms with Crippen molar-refractivity contribution >= 4 is 68.4 Å². The van der Waals surface area contributed by atoms with E-state index in [0.29, 0.717) is 75.3 Å². The molecule has 2 aliphatic rings. The maximum Gasteiger partial charge on any atom is 0.261 e. The van der Waals surface area contributed by atoms with E-state index in [1.807, 2.05) is 48.5 Å². The predicted octanol–water partition coefficient (Wildman–Crippen LogP) is 4.03. The number of hydrogen-bond donors (Lipinski definition) is 0. The smallest absolute Gasteiger partial charge is 0.261 e. The van der Waals surface area contributed by atoms with E-state index in [0.717, 1.165) is 18.3 Å². The fourth-order valence-electron chi connectivity index (χ4n) is 4.44. The van der Waals surface area contributed by atoms with Gasteiger partial charge in [-0.1, -0.05) is 24.3 Å². The third-order valence-electron chi connectivity index (χ3n) is 6.20. The van der Waals surface area contributed by atoms with E-state index < -0.39 is 0 Å². The largest absolute Gasteiger partial charge is 0.382 e. The third-order valence-corrected chi connectivity index (χ3v) is 7.64. The van der Waals surface area contributed by atoms with Crippen LogP contribution in [-0.4, -0.2) is 88.6 Å². The van der Waals surface area contributed by atoms with Crippen LogP contribution in [0.25, 0.3) is 11.4 Å². The number of rotatable bonds is 14. The number of carbonyl (C=O) groups is 2. The average molecular weight is 744 g/mol. The van der Waals surface area contributed by atoms with Crippen molar-refractivity contribution in [1.82, 2.24) is 9.80 Å². The lowest BCUT2D eigenvalue weighted by atomic mass is 10.0. The Labute approximate surface area is 250 Å². The van der Waals surface area contributed by atoms with E-state index >= 15 is 0 Å². The minimum Gasteiger partial charge on any atom is -0.382 e. The molecule has 2 heterocycles. The van der Waals surface area contributed by atoms with E-state index in [2.05, 4.69) is 45.2 Å². The minimum absolute atomic E-state index is 0.200. The quantitative estimate of drug-likeness (QED) is 0.215. The highest BCUT2D eigenvalue weighted by Gasteiger charge is 2.48. The van der Waals surface area contributed by atoms with Crippen LogP contribution in [0.15, 0.2) is 59.7 Å². The second-order valence-corrected chi connectivity index (χ2v) is 11.1. The third kappa shape index (κ3) is 6.48. The number of methoxy groups -OCH3 is 2. The number of hydrogen-bond acceptors (Lipinski definition) is 6. The van der Waals surface area contributed by atoms with Gasteiger partial charge in [-0.2, -0.15) is 0 Å². The number of amides is 2. The summed E-state index contributed by atoms with van der Waals surface area (Å²) in [6.07, 6.45) is 0. The van der Waals surface area contributed by atoms with Crippen LogP contribution >= 0.6 is 45.2 Å². The molecule has 0 spiro atoms. The Morgan fingerprint density at radius 2 is 0.947 bits per heavy atom. The summed E-state index contributed by atoms with van der Waals surface area (Å²) in [6, 6.07) is 15.7. The van der Waals surface area contributed by atoms with Gasteiger partial charge in [-0.05, 0) is 80.6 Å². The van der Waals surface area contributed by atoms with Crippen LogP contribution in [0, 0.1) is 7.14 Å². The van der Waals surface area contributed by atoms with Gasteiger partial charge in [-0.3, -0.25) is 9.59 Å². The highest BCUT2D eigenvalue weighted by molar-refractivity contribution is 14.1. The van der Waals surface area contributed by atoms with Gasteiger partial charge in [0.05, 0.1) is 62.2 Å². The van der Waals surface area contributed by atoms with Crippen molar-refractivity contribution in [3.05, 3.63) is 77.9 Å². The van der Waals surface area contributed by atoms with Crippen LogP contribution in [0.4, 0.5) is 0 Å². The van der Waals surface area contributed by atoms with Gasteiger partial charge in [0.2, 0.25) is 0 Å². The highest BCUT2D eigenvalue weighted by atomic mass is 127. The van der Waals surface area contributed by atoms with Crippen LogP contribution in [0.2, 0.25) is 0 Å². The Hall–Kier alpha value is -1.84. The van der Waals surface area contributed by atoms with Crippen molar-refractivity contribution in [2.24, 2.45) is 0 Å². The summed E-state index contributed by atoms with van der Waals surface area (Å²) < 4.78 is 23.6. The Morgan fingerprint density at radius 3 is 1.29 bits per heavy atom. The zero-order chi connectivity index (χ0) is 27.1. The molecule has 8 nitrogen and oxygen atoms in total. The molecule has 0 aromatic heterocycles. The summed E-state index contributed by atoms with van der Waals surface area (Å²) in [6.45, 7) is 3.11. The molecular formula is C28H30I2N2O6. The number of ether oxygens (including phenoxy) is 4. The summed E-state index contributed by atoms with van der Waals surface area (Å²) in [5.74, 6) is -0.401. The van der Waals surface area contributed by atoms with Crippen molar-refractivity contribution in [2.75, 3.05) is 67.0 Å². The molecule has 38 heavy (non-hydrogen) atoms. The van der Waals surface area contributed by atoms with E-state index in [4.69, 9.17) is 18.9 Å². The van der Waals surface area contributed by atoms with Crippen molar-refractivity contribution in [3.8, 4) is 0 Å². The maximum atomic E-state index is 14.0. The fourth-order valence-corrected chi connectivity index (χ4v) is 5.16. The molecule has 10 heteroatoms. The monoisotopic (exact) mass is 744 g/mol. The molecule has 0 N–H and O–H groups in total. The van der Waals surface area contributed by atoms with Gasteiger partial charge in [0.25, 0.3) is 11.8 Å². The molecule has 2 aromatic carbocycles. The van der Waals surface area contributed by atoms with E-state index in [9.17, 15) is 9.59 Å². The zero-order valence-electron chi connectivity index (χ0n) is 21.4. The molecule has 2 amide bonds. The van der Waals surface area contributed by atoms with Gasteiger partial charge in [-0.15, -0.1) is 0 Å². The molecule has 4 rings (SSSR count). The second kappa shape index (κ2) is 14.0. The number of carbonyl (C=O) groups excluding carboxylic acids is 2. The Bertz CT molecular complexity index is 1120. The van der Waals surface area contributed by atoms with Gasteiger partial charge >= 0.3 is 0 Å². The van der Waals surface area contributed by atoms with Crippen LogP contribution in [0.3, 0.4) is 0 Å². The van der Waals surface area contributed by atoms with E-state index in [-0.39, 0.29) is 11.8 Å². The van der Waals surface area contributed by atoms with Crippen molar-refractivity contribution in [2.45, 2.75) is 0 Å². The number of benzene rings is 2. The SMILES string of the molecule is COCCOCCN1C(=O)C2=C(c3ccc(I)cc3)N(CCOCCOC)C(=O)C2=C1c1ccc(I)cc1. The van der Waals surface area contributed by atoms with Gasteiger partial charge in [0.15, 0.2) is 0 Å². The van der Waals surface area contributed by atoms with E-state index in [1.54, 1.807) is 24.0 Å². The van der Waals surface area contributed by atoms with Crippen molar-refractivity contribution in [1.29, 1.82) is 0 Å². The Kier molecular flexibility index (Phi) is 10.7. The van der Waals surface area contributed by atoms with Crippen LogP contribution in [-0.2, 0) is 28.5 Å². The first-order chi connectivity index (χ1) is 18.5. The summed E-state index contributed by atoms with van der Waals surface area (Å²) in [5.41, 5.74) is 3.72. The van der Waals surface area contributed by atoms with Crippen LogP contribution in [0.1, 0.15) is 11.1 Å². The van der Waals surface area contributed by atoms with Gasteiger partial charge in [0.1, 0.15) is 0 Å². The first-order valence-corrected chi connectivity index (χ1v) is 14.4. The first kappa shape index (κ1) is 29.2. The van der Waals surface area contributed by atoms with E-state index in [1.165, 1.54) is 0 Å². The molecule has 0 saturated heterocycles. The highest BCUT2D eigenvalue weighted by Crippen LogP contribution is 2.46. The lowest BCUT2D eigenvalue weighted by molar-refractivity contribution is -0.124. The average Bonchev–Trinajstić information content (AvgIpc) is 3.36. The Morgan fingerprint density at radius 1 is 0.579 bits per heavy atom. The topological polar surface area (TPSA) is 77.5 Å². The summed E-state index contributed by atoms with van der Waals surface area (Å²) in [4.78, 5) is 31.4. The molecule has 0 unspecified atom stereocenters. The number of fused-ring (bicyclic) bond motifs is 1. The molecule has 0 fully saturated rings. The fraction of sp³-hybridized carbons (Fsp3) is 0.357. The molecule has 0 bridgehead atoms. The van der Waals surface area contributed by atoms with Crippen LogP contribution < -0.4 is 0 Å². The summed E-state index contributed by atoms with van der Waals surface area (Å²) in [5, 5.41) is 0. The standard InChI is InChI=1S/C28H30I2N2O6/c1-35-15-17-37-13-11-31-25(19-3-7-21(29)8-4-19)23-24(27(31)33)26(20-5-9-22(30)10-6-20)32(28(23)34)12-14-38-18-16-36-2/h3-10H,11-18H2,1-2H3. The van der Waals surface area contributed by atoms with Crippen molar-refractivity contribution < 1.29 is 28.5 Å². The molecular weight excluding hydrogens is 714 g/mol. The van der Waals surface area contributed by atoms with Gasteiger partial charge < -0.3 is 28.7 Å². The Balaban J connectivity index is 1.77. The number of nitrogens with zero attached hydrogens (tertiary/aromatic N) is 2. The molecule has 2 aliphatic heterocycles. The predicted molar refractivity (Wildman–Crippen MR) is 161 cm³/mol. The minimum atomic E-state index is -0.200.